The van der Waals surface area contributed by atoms with Gasteiger partial charge < -0.3 is 9.47 Å². The van der Waals surface area contributed by atoms with Crippen LogP contribution in [0.1, 0.15) is 15.9 Å². The number of hydrogen-bond acceptors (Lipinski definition) is 3. The van der Waals surface area contributed by atoms with E-state index in [-0.39, 0.29) is 11.3 Å². The fourth-order valence-corrected chi connectivity index (χ4v) is 2.29. The minimum absolute atomic E-state index is 0.0532. The lowest BCUT2D eigenvalue weighted by atomic mass is 10.0. The van der Waals surface area contributed by atoms with Gasteiger partial charge in [-0.15, -0.1) is 0 Å². The maximum atomic E-state index is 13.6. The van der Waals surface area contributed by atoms with E-state index in [4.69, 9.17) is 9.47 Å². The van der Waals surface area contributed by atoms with E-state index in [1.54, 1.807) is 37.4 Å². The van der Waals surface area contributed by atoms with Crippen LogP contribution in [0.25, 0.3) is 0 Å². The fraction of sp³-hybridized carbons (Fsp3) is 0.188. The molecule has 2 aromatic carbocycles. The van der Waals surface area contributed by atoms with E-state index in [9.17, 15) is 9.18 Å². The van der Waals surface area contributed by atoms with Gasteiger partial charge in [0.2, 0.25) is 0 Å². The van der Waals surface area contributed by atoms with Crippen LogP contribution in [0.2, 0.25) is 0 Å². The third kappa shape index (κ3) is 3.89. The van der Waals surface area contributed by atoms with Gasteiger partial charge in [-0.05, 0) is 46.3 Å². The SMILES string of the molecule is COCCOc1ccc(C(=O)c2ccccc2F)cc1Br. The highest BCUT2D eigenvalue weighted by Gasteiger charge is 2.14. The molecule has 0 saturated carbocycles. The molecule has 0 atom stereocenters. The average molecular weight is 353 g/mol. The van der Waals surface area contributed by atoms with Gasteiger partial charge in [0.05, 0.1) is 16.6 Å². The predicted molar refractivity (Wildman–Crippen MR) is 81.3 cm³/mol. The first-order chi connectivity index (χ1) is 10.1. The van der Waals surface area contributed by atoms with Crippen LogP contribution in [0.15, 0.2) is 46.9 Å². The predicted octanol–water partition coefficient (Wildman–Crippen LogP) is 3.84. The van der Waals surface area contributed by atoms with Crippen molar-refractivity contribution < 1.29 is 18.7 Å². The van der Waals surface area contributed by atoms with E-state index in [0.717, 1.165) is 0 Å². The van der Waals surface area contributed by atoms with Crippen LogP contribution in [-0.4, -0.2) is 26.1 Å². The topological polar surface area (TPSA) is 35.5 Å². The molecule has 0 amide bonds. The van der Waals surface area contributed by atoms with Gasteiger partial charge in [0, 0.05) is 12.7 Å². The van der Waals surface area contributed by atoms with Gasteiger partial charge in [-0.1, -0.05) is 12.1 Å². The van der Waals surface area contributed by atoms with Crippen molar-refractivity contribution in [3.05, 3.63) is 63.9 Å². The summed E-state index contributed by atoms with van der Waals surface area (Å²) in [6, 6.07) is 10.8. The molecule has 0 unspecified atom stereocenters. The van der Waals surface area contributed by atoms with E-state index in [0.29, 0.717) is 29.0 Å². The van der Waals surface area contributed by atoms with Crippen molar-refractivity contribution in [3.8, 4) is 5.75 Å². The van der Waals surface area contributed by atoms with Gasteiger partial charge in [0.25, 0.3) is 0 Å². The molecule has 2 aromatic rings. The number of halogens is 2. The van der Waals surface area contributed by atoms with E-state index in [2.05, 4.69) is 15.9 Å². The summed E-state index contributed by atoms with van der Waals surface area (Å²) in [6.07, 6.45) is 0. The van der Waals surface area contributed by atoms with Crippen molar-refractivity contribution in [2.45, 2.75) is 0 Å². The average Bonchev–Trinajstić information content (AvgIpc) is 2.49. The first kappa shape index (κ1) is 15.7. The van der Waals surface area contributed by atoms with Gasteiger partial charge >= 0.3 is 0 Å². The summed E-state index contributed by atoms with van der Waals surface area (Å²) in [5, 5.41) is 0. The number of benzene rings is 2. The first-order valence-corrected chi connectivity index (χ1v) is 7.13. The second-order valence-corrected chi connectivity index (χ2v) is 5.15. The van der Waals surface area contributed by atoms with Crippen molar-refractivity contribution in [2.24, 2.45) is 0 Å². The molecule has 0 saturated heterocycles. The number of carbonyl (C=O) groups excluding carboxylic acids is 1. The molecule has 21 heavy (non-hydrogen) atoms. The Kier molecular flexibility index (Phi) is 5.47. The van der Waals surface area contributed by atoms with Gasteiger partial charge in [-0.25, -0.2) is 4.39 Å². The van der Waals surface area contributed by atoms with E-state index < -0.39 is 5.82 Å². The van der Waals surface area contributed by atoms with Crippen LogP contribution < -0.4 is 4.74 Å². The molecule has 0 radical (unpaired) electrons. The van der Waals surface area contributed by atoms with Crippen molar-refractivity contribution in [1.29, 1.82) is 0 Å². The van der Waals surface area contributed by atoms with Crippen molar-refractivity contribution in [3.63, 3.8) is 0 Å². The highest BCUT2D eigenvalue weighted by atomic mass is 79.9. The minimum atomic E-state index is -0.529. The van der Waals surface area contributed by atoms with Gasteiger partial charge in [-0.3, -0.25) is 4.79 Å². The number of rotatable bonds is 6. The fourth-order valence-electron chi connectivity index (χ4n) is 1.79. The summed E-state index contributed by atoms with van der Waals surface area (Å²) in [4.78, 5) is 12.3. The zero-order valence-electron chi connectivity index (χ0n) is 11.4. The number of methoxy groups -OCH3 is 1. The molecule has 5 heteroatoms. The highest BCUT2D eigenvalue weighted by molar-refractivity contribution is 9.10. The Labute approximate surface area is 130 Å². The Morgan fingerprint density at radius 3 is 2.62 bits per heavy atom. The normalized spacial score (nSPS) is 10.4. The Bertz CT molecular complexity index is 643. The molecule has 3 nitrogen and oxygen atoms in total. The Hall–Kier alpha value is -1.72. The monoisotopic (exact) mass is 352 g/mol. The molecule has 0 spiro atoms. The van der Waals surface area contributed by atoms with Crippen LogP contribution in [0.4, 0.5) is 4.39 Å². The largest absolute Gasteiger partial charge is 0.490 e. The summed E-state index contributed by atoms with van der Waals surface area (Å²) < 4.78 is 24.7. The van der Waals surface area contributed by atoms with Crippen LogP contribution >= 0.6 is 15.9 Å². The third-order valence-corrected chi connectivity index (χ3v) is 3.48. The third-order valence-electron chi connectivity index (χ3n) is 2.86. The molecule has 0 heterocycles. The summed E-state index contributed by atoms with van der Waals surface area (Å²) in [7, 11) is 1.59. The van der Waals surface area contributed by atoms with Crippen LogP contribution in [0.3, 0.4) is 0 Å². The molecule has 0 aliphatic carbocycles. The summed E-state index contributed by atoms with van der Waals surface area (Å²) in [6.45, 7) is 0.887. The first-order valence-electron chi connectivity index (χ1n) is 6.34. The second kappa shape index (κ2) is 7.33. The van der Waals surface area contributed by atoms with Gasteiger partial charge in [0.15, 0.2) is 5.78 Å². The smallest absolute Gasteiger partial charge is 0.196 e. The number of carbonyl (C=O) groups is 1. The zero-order valence-corrected chi connectivity index (χ0v) is 13.0. The van der Waals surface area contributed by atoms with Crippen molar-refractivity contribution in [1.82, 2.24) is 0 Å². The highest BCUT2D eigenvalue weighted by Crippen LogP contribution is 2.27. The lowest BCUT2D eigenvalue weighted by molar-refractivity contribution is 0.103. The summed E-state index contributed by atoms with van der Waals surface area (Å²) in [5.41, 5.74) is 0.448. The lowest BCUT2D eigenvalue weighted by Crippen LogP contribution is -2.06. The van der Waals surface area contributed by atoms with Crippen molar-refractivity contribution >= 4 is 21.7 Å². The number of hydrogen-bond donors (Lipinski definition) is 0. The Balaban J connectivity index is 2.20. The standard InChI is InChI=1S/C16H14BrFO3/c1-20-8-9-21-15-7-6-11(10-13(15)17)16(19)12-4-2-3-5-14(12)18/h2-7,10H,8-9H2,1H3. The molecule has 0 aromatic heterocycles. The molecule has 0 aliphatic rings. The molecule has 0 aliphatic heterocycles. The molecule has 0 bridgehead atoms. The van der Waals surface area contributed by atoms with Gasteiger partial charge in [0.1, 0.15) is 18.2 Å². The minimum Gasteiger partial charge on any atom is -0.490 e. The Morgan fingerprint density at radius 1 is 1.19 bits per heavy atom. The maximum absolute atomic E-state index is 13.6. The molecular weight excluding hydrogens is 339 g/mol. The van der Waals surface area contributed by atoms with Gasteiger partial charge in [-0.2, -0.15) is 0 Å². The van der Waals surface area contributed by atoms with Crippen LogP contribution in [0.5, 0.6) is 5.75 Å². The second-order valence-electron chi connectivity index (χ2n) is 4.30. The van der Waals surface area contributed by atoms with E-state index in [1.165, 1.54) is 12.1 Å². The quantitative estimate of drug-likeness (QED) is 0.585. The molecular formula is C16H14BrFO3. The molecule has 0 fully saturated rings. The summed E-state index contributed by atoms with van der Waals surface area (Å²) >= 11 is 3.35. The number of ether oxygens (including phenoxy) is 2. The maximum Gasteiger partial charge on any atom is 0.196 e. The molecule has 110 valence electrons. The molecule has 2 rings (SSSR count). The zero-order chi connectivity index (χ0) is 15.2. The van der Waals surface area contributed by atoms with E-state index >= 15 is 0 Å². The van der Waals surface area contributed by atoms with Crippen LogP contribution in [0, 0.1) is 5.82 Å². The molecule has 0 N–H and O–H groups in total. The van der Waals surface area contributed by atoms with Crippen molar-refractivity contribution in [2.75, 3.05) is 20.3 Å². The summed E-state index contributed by atoms with van der Waals surface area (Å²) in [5.74, 6) is -0.284. The van der Waals surface area contributed by atoms with E-state index in [1.807, 2.05) is 0 Å². The number of ketones is 1. The lowest BCUT2D eigenvalue weighted by Gasteiger charge is -2.09. The van der Waals surface area contributed by atoms with Crippen LogP contribution in [-0.2, 0) is 4.74 Å². The Morgan fingerprint density at radius 2 is 1.95 bits per heavy atom.